The van der Waals surface area contributed by atoms with Gasteiger partial charge >= 0.3 is 0 Å². The fourth-order valence-corrected chi connectivity index (χ4v) is 2.51. The first-order valence-electron chi connectivity index (χ1n) is 6.27. The first-order valence-corrected chi connectivity index (χ1v) is 7.75. The van der Waals surface area contributed by atoms with Crippen LogP contribution in [0.15, 0.2) is 58.5 Å². The number of halogens is 1. The van der Waals surface area contributed by atoms with E-state index in [0.717, 1.165) is 5.56 Å². The summed E-state index contributed by atoms with van der Waals surface area (Å²) in [5.74, 6) is -0.355. The molecule has 0 amide bonds. The smallest absolute Gasteiger partial charge is 0.207 e. The highest BCUT2D eigenvalue weighted by Gasteiger charge is 2.12. The summed E-state index contributed by atoms with van der Waals surface area (Å²) in [4.78, 5) is 2.32. The molecule has 0 unspecified atom stereocenters. The normalized spacial score (nSPS) is 12.2. The molecule has 0 spiro atoms. The van der Waals surface area contributed by atoms with Gasteiger partial charge in [0.05, 0.1) is 10.6 Å². The summed E-state index contributed by atoms with van der Waals surface area (Å²) < 4.78 is 36.9. The van der Waals surface area contributed by atoms with Crippen molar-refractivity contribution in [3.05, 3.63) is 65.5 Å². The Kier molecular flexibility index (Phi) is 4.37. The van der Waals surface area contributed by atoms with Crippen molar-refractivity contribution in [1.29, 1.82) is 0 Å². The Morgan fingerprint density at radius 3 is 2.19 bits per heavy atom. The van der Waals surface area contributed by atoms with E-state index < -0.39 is 10.0 Å². The minimum Gasteiger partial charge on any atom is -0.207 e. The molecule has 0 heterocycles. The van der Waals surface area contributed by atoms with Crippen LogP contribution in [0, 0.1) is 12.7 Å². The van der Waals surface area contributed by atoms with Crippen LogP contribution in [0.25, 0.3) is 0 Å². The number of hydrazone groups is 1. The summed E-state index contributed by atoms with van der Waals surface area (Å²) in [5, 5.41) is 3.85. The van der Waals surface area contributed by atoms with Crippen LogP contribution in [0.2, 0.25) is 0 Å². The van der Waals surface area contributed by atoms with Gasteiger partial charge in [0.25, 0.3) is 10.0 Å². The summed E-state index contributed by atoms with van der Waals surface area (Å²) in [5.41, 5.74) is 2.06. The van der Waals surface area contributed by atoms with E-state index in [1.807, 2.05) is 6.92 Å². The third kappa shape index (κ3) is 3.88. The van der Waals surface area contributed by atoms with E-state index in [9.17, 15) is 12.8 Å². The standard InChI is InChI=1S/C15H15FN2O2S/c1-11-3-9-15(10-4-11)21(19,20)18-17-12(2)13-5-7-14(16)8-6-13/h3-10,18H,1-2H3. The van der Waals surface area contributed by atoms with E-state index in [4.69, 9.17) is 0 Å². The molecular formula is C15H15FN2O2S. The maximum atomic E-state index is 12.8. The molecule has 2 aromatic carbocycles. The number of benzene rings is 2. The van der Waals surface area contributed by atoms with Gasteiger partial charge in [0.1, 0.15) is 5.82 Å². The molecule has 110 valence electrons. The lowest BCUT2D eigenvalue weighted by Crippen LogP contribution is -2.19. The van der Waals surface area contributed by atoms with Crippen molar-refractivity contribution in [2.75, 3.05) is 0 Å². The van der Waals surface area contributed by atoms with E-state index in [0.29, 0.717) is 11.3 Å². The molecule has 0 bridgehead atoms. The first kappa shape index (κ1) is 15.2. The highest BCUT2D eigenvalue weighted by Crippen LogP contribution is 2.10. The maximum absolute atomic E-state index is 12.8. The van der Waals surface area contributed by atoms with Crippen molar-refractivity contribution in [3.8, 4) is 0 Å². The van der Waals surface area contributed by atoms with Crippen molar-refractivity contribution >= 4 is 15.7 Å². The minimum absolute atomic E-state index is 0.142. The van der Waals surface area contributed by atoms with Crippen LogP contribution in [-0.4, -0.2) is 14.1 Å². The zero-order valence-electron chi connectivity index (χ0n) is 11.7. The van der Waals surface area contributed by atoms with Crippen molar-refractivity contribution in [1.82, 2.24) is 4.83 Å². The Bertz CT molecular complexity index is 751. The van der Waals surface area contributed by atoms with Gasteiger partial charge in [-0.15, -0.1) is 0 Å². The zero-order valence-corrected chi connectivity index (χ0v) is 12.5. The summed E-state index contributed by atoms with van der Waals surface area (Å²) in [6.45, 7) is 3.52. The number of sulfonamides is 1. The quantitative estimate of drug-likeness (QED) is 0.697. The molecule has 1 N–H and O–H groups in total. The van der Waals surface area contributed by atoms with E-state index in [2.05, 4.69) is 9.93 Å². The average molecular weight is 306 g/mol. The second kappa shape index (κ2) is 6.05. The number of nitrogens with zero attached hydrogens (tertiary/aromatic N) is 1. The number of aryl methyl sites for hydroxylation is 1. The molecule has 0 saturated carbocycles. The summed E-state index contributed by atoms with van der Waals surface area (Å²) in [6, 6.07) is 12.1. The molecule has 2 aromatic rings. The van der Waals surface area contributed by atoms with E-state index in [1.54, 1.807) is 19.1 Å². The third-order valence-electron chi connectivity index (χ3n) is 2.93. The van der Waals surface area contributed by atoms with Crippen LogP contribution in [-0.2, 0) is 10.0 Å². The Labute approximate surface area is 123 Å². The molecule has 0 fully saturated rings. The number of rotatable bonds is 4. The SMILES string of the molecule is CC(=NNS(=O)(=O)c1ccc(C)cc1)c1ccc(F)cc1. The molecule has 0 aliphatic heterocycles. The lowest BCUT2D eigenvalue weighted by Gasteiger charge is -2.05. The maximum Gasteiger partial charge on any atom is 0.276 e. The molecule has 21 heavy (non-hydrogen) atoms. The van der Waals surface area contributed by atoms with Gasteiger partial charge < -0.3 is 0 Å². The predicted octanol–water partition coefficient (Wildman–Crippen LogP) is 2.84. The lowest BCUT2D eigenvalue weighted by molar-refractivity contribution is 0.584. The molecule has 2 rings (SSSR count). The van der Waals surface area contributed by atoms with Gasteiger partial charge in [0, 0.05) is 0 Å². The predicted molar refractivity (Wildman–Crippen MR) is 80.1 cm³/mol. The molecule has 0 aliphatic carbocycles. The highest BCUT2D eigenvalue weighted by molar-refractivity contribution is 7.89. The fourth-order valence-electron chi connectivity index (χ4n) is 1.65. The molecule has 4 nitrogen and oxygen atoms in total. The molecular weight excluding hydrogens is 291 g/mol. The van der Waals surface area contributed by atoms with Crippen LogP contribution >= 0.6 is 0 Å². The van der Waals surface area contributed by atoms with Crippen LogP contribution in [0.3, 0.4) is 0 Å². The summed E-state index contributed by atoms with van der Waals surface area (Å²) in [7, 11) is -3.70. The van der Waals surface area contributed by atoms with E-state index in [1.165, 1.54) is 36.4 Å². The molecule has 0 radical (unpaired) electrons. The molecule has 6 heteroatoms. The van der Waals surface area contributed by atoms with Gasteiger partial charge in [-0.3, -0.25) is 0 Å². The topological polar surface area (TPSA) is 58.5 Å². The molecule has 0 saturated heterocycles. The Balaban J connectivity index is 2.18. The van der Waals surface area contributed by atoms with Crippen LogP contribution in [0.1, 0.15) is 18.1 Å². The Hall–Kier alpha value is -2.21. The third-order valence-corrected chi connectivity index (χ3v) is 4.15. The van der Waals surface area contributed by atoms with Gasteiger partial charge in [-0.25, -0.2) is 4.39 Å². The van der Waals surface area contributed by atoms with Crippen LogP contribution in [0.5, 0.6) is 0 Å². The minimum atomic E-state index is -3.70. The van der Waals surface area contributed by atoms with Gasteiger partial charge in [-0.1, -0.05) is 29.8 Å². The Morgan fingerprint density at radius 1 is 1.05 bits per heavy atom. The van der Waals surface area contributed by atoms with Gasteiger partial charge in [0.2, 0.25) is 0 Å². The van der Waals surface area contributed by atoms with Crippen LogP contribution < -0.4 is 4.83 Å². The molecule has 0 atom stereocenters. The fraction of sp³-hybridized carbons (Fsp3) is 0.133. The van der Waals surface area contributed by atoms with Gasteiger partial charge in [-0.05, 0) is 43.7 Å². The second-order valence-corrected chi connectivity index (χ2v) is 6.27. The first-order chi connectivity index (χ1) is 9.88. The zero-order chi connectivity index (χ0) is 15.5. The average Bonchev–Trinajstić information content (AvgIpc) is 2.46. The number of hydrogen-bond acceptors (Lipinski definition) is 3. The lowest BCUT2D eigenvalue weighted by atomic mass is 10.1. The highest BCUT2D eigenvalue weighted by atomic mass is 32.2. The molecule has 0 aromatic heterocycles. The van der Waals surface area contributed by atoms with E-state index >= 15 is 0 Å². The van der Waals surface area contributed by atoms with Crippen molar-refractivity contribution in [2.24, 2.45) is 5.10 Å². The second-order valence-electron chi connectivity index (χ2n) is 4.61. The Morgan fingerprint density at radius 2 is 1.62 bits per heavy atom. The van der Waals surface area contributed by atoms with Gasteiger partial charge in [0.15, 0.2) is 0 Å². The van der Waals surface area contributed by atoms with Crippen LogP contribution in [0.4, 0.5) is 4.39 Å². The van der Waals surface area contributed by atoms with Crippen molar-refractivity contribution in [3.63, 3.8) is 0 Å². The largest absolute Gasteiger partial charge is 0.276 e. The number of hydrogen-bond donors (Lipinski definition) is 1. The summed E-state index contributed by atoms with van der Waals surface area (Å²) >= 11 is 0. The van der Waals surface area contributed by atoms with Gasteiger partial charge in [-0.2, -0.15) is 18.4 Å². The van der Waals surface area contributed by atoms with Crippen molar-refractivity contribution < 1.29 is 12.8 Å². The summed E-state index contributed by atoms with van der Waals surface area (Å²) in [6.07, 6.45) is 0. The monoisotopic (exact) mass is 306 g/mol. The molecule has 0 aliphatic rings. The van der Waals surface area contributed by atoms with E-state index in [-0.39, 0.29) is 10.7 Å². The number of nitrogens with one attached hydrogen (secondary N) is 1. The van der Waals surface area contributed by atoms with Crippen molar-refractivity contribution in [2.45, 2.75) is 18.7 Å².